The number of benzene rings is 1. The van der Waals surface area contributed by atoms with Crippen LogP contribution in [-0.4, -0.2) is 14.7 Å². The number of thiocarbonyl (C=S) groups is 1. The van der Waals surface area contributed by atoms with Gasteiger partial charge in [-0.25, -0.2) is 4.39 Å². The average Bonchev–Trinajstić information content (AvgIpc) is 3.32. The van der Waals surface area contributed by atoms with Crippen LogP contribution < -0.4 is 10.2 Å². The first kappa shape index (κ1) is 22.1. The molecule has 0 radical (unpaired) electrons. The van der Waals surface area contributed by atoms with Gasteiger partial charge in [-0.05, 0) is 93.4 Å². The van der Waals surface area contributed by atoms with E-state index < -0.39 is 0 Å². The molecule has 2 atom stereocenters. The molecule has 3 heterocycles. The molecule has 0 bridgehead atoms. The van der Waals surface area contributed by atoms with Gasteiger partial charge in [-0.1, -0.05) is 25.3 Å². The van der Waals surface area contributed by atoms with Gasteiger partial charge >= 0.3 is 0 Å². The van der Waals surface area contributed by atoms with Gasteiger partial charge in [0.1, 0.15) is 5.82 Å². The van der Waals surface area contributed by atoms with Crippen LogP contribution in [0.2, 0.25) is 0 Å². The number of hydrogen-bond donors (Lipinski definition) is 1. The van der Waals surface area contributed by atoms with E-state index in [1.54, 1.807) is 6.92 Å². The van der Waals surface area contributed by atoms with Crippen molar-refractivity contribution < 1.29 is 4.39 Å². The number of pyridine rings is 1. The lowest BCUT2D eigenvalue weighted by Crippen LogP contribution is -2.29. The van der Waals surface area contributed by atoms with Gasteiger partial charge in [0.2, 0.25) is 0 Å². The van der Waals surface area contributed by atoms with Crippen LogP contribution in [0.5, 0.6) is 0 Å². The van der Waals surface area contributed by atoms with E-state index in [9.17, 15) is 4.39 Å². The third-order valence-electron chi connectivity index (χ3n) is 7.30. The van der Waals surface area contributed by atoms with Crippen LogP contribution in [0.4, 0.5) is 10.1 Å². The summed E-state index contributed by atoms with van der Waals surface area (Å²) < 4.78 is 16.6. The summed E-state index contributed by atoms with van der Waals surface area (Å²) >= 11 is 5.85. The molecular formula is C27H31FN4S. The third-order valence-corrected chi connectivity index (χ3v) is 7.61. The SMILES string of the molecule is Cc1cc(N2C(=S)N[C@@H](c3ccccn3)[C@@H]2c2cc(C)n(C3CCCCC3)c2C)ccc1F. The maximum Gasteiger partial charge on any atom is 0.174 e. The Bertz CT molecular complexity index is 1170. The Hall–Kier alpha value is -2.73. The third kappa shape index (κ3) is 3.95. The molecule has 1 aromatic carbocycles. The number of rotatable bonds is 4. The Morgan fingerprint density at radius 2 is 1.82 bits per heavy atom. The Morgan fingerprint density at radius 1 is 1.03 bits per heavy atom. The van der Waals surface area contributed by atoms with Crippen LogP contribution in [0.25, 0.3) is 0 Å². The van der Waals surface area contributed by atoms with Crippen molar-refractivity contribution in [3.05, 3.63) is 82.7 Å². The van der Waals surface area contributed by atoms with Crippen molar-refractivity contribution in [2.75, 3.05) is 4.90 Å². The van der Waals surface area contributed by atoms with Crippen molar-refractivity contribution in [1.29, 1.82) is 0 Å². The molecule has 1 N–H and O–H groups in total. The fourth-order valence-electron chi connectivity index (χ4n) is 5.73. The highest BCUT2D eigenvalue weighted by atomic mass is 32.1. The van der Waals surface area contributed by atoms with Gasteiger partial charge in [-0.3, -0.25) is 4.98 Å². The monoisotopic (exact) mass is 462 g/mol. The summed E-state index contributed by atoms with van der Waals surface area (Å²) in [6.45, 7) is 6.25. The normalized spacial score (nSPS) is 21.5. The highest BCUT2D eigenvalue weighted by Gasteiger charge is 2.42. The Kier molecular flexibility index (Phi) is 5.95. The van der Waals surface area contributed by atoms with Crippen molar-refractivity contribution in [3.63, 3.8) is 0 Å². The summed E-state index contributed by atoms with van der Waals surface area (Å²) in [5.41, 5.74) is 6.31. The van der Waals surface area contributed by atoms with Crippen LogP contribution in [-0.2, 0) is 0 Å². The molecule has 1 aliphatic carbocycles. The lowest BCUT2D eigenvalue weighted by Gasteiger charge is -2.30. The quantitative estimate of drug-likeness (QED) is 0.441. The molecule has 1 aliphatic heterocycles. The van der Waals surface area contributed by atoms with Gasteiger partial charge in [0, 0.05) is 29.3 Å². The maximum absolute atomic E-state index is 14.1. The maximum atomic E-state index is 14.1. The number of anilines is 1. The fourth-order valence-corrected chi connectivity index (χ4v) is 6.08. The minimum atomic E-state index is -0.204. The Balaban J connectivity index is 1.64. The second-order valence-electron chi connectivity index (χ2n) is 9.42. The van der Waals surface area contributed by atoms with E-state index in [1.165, 1.54) is 55.1 Å². The Morgan fingerprint density at radius 3 is 2.52 bits per heavy atom. The minimum Gasteiger partial charge on any atom is -0.351 e. The van der Waals surface area contributed by atoms with Crippen LogP contribution in [0.1, 0.15) is 78.4 Å². The molecule has 2 fully saturated rings. The summed E-state index contributed by atoms with van der Waals surface area (Å²) in [4.78, 5) is 6.81. The molecule has 2 aromatic heterocycles. The zero-order valence-electron chi connectivity index (χ0n) is 19.5. The number of nitrogens with one attached hydrogen (secondary N) is 1. The summed E-state index contributed by atoms with van der Waals surface area (Å²) in [6.07, 6.45) is 8.23. The van der Waals surface area contributed by atoms with Gasteiger partial charge in [0.25, 0.3) is 0 Å². The van der Waals surface area contributed by atoms with Crippen molar-refractivity contribution in [2.45, 2.75) is 71.0 Å². The van der Waals surface area contributed by atoms with Gasteiger partial charge in [0.05, 0.1) is 17.8 Å². The second-order valence-corrected chi connectivity index (χ2v) is 9.81. The first-order chi connectivity index (χ1) is 16.0. The topological polar surface area (TPSA) is 33.1 Å². The largest absolute Gasteiger partial charge is 0.351 e. The van der Waals surface area contributed by atoms with Crippen LogP contribution >= 0.6 is 12.2 Å². The lowest BCUT2D eigenvalue weighted by atomic mass is 9.94. The summed E-state index contributed by atoms with van der Waals surface area (Å²) in [5.74, 6) is -0.204. The first-order valence-corrected chi connectivity index (χ1v) is 12.3. The van der Waals surface area contributed by atoms with E-state index in [-0.39, 0.29) is 17.9 Å². The second kappa shape index (κ2) is 8.90. The van der Waals surface area contributed by atoms with E-state index in [1.807, 2.05) is 36.5 Å². The summed E-state index contributed by atoms with van der Waals surface area (Å²) in [5, 5.41) is 4.17. The molecule has 1 saturated carbocycles. The molecule has 0 amide bonds. The Labute approximate surface area is 200 Å². The fraction of sp³-hybridized carbons (Fsp3) is 0.407. The van der Waals surface area contributed by atoms with Crippen molar-refractivity contribution in [3.8, 4) is 0 Å². The van der Waals surface area contributed by atoms with Gasteiger partial charge < -0.3 is 14.8 Å². The van der Waals surface area contributed by atoms with E-state index >= 15 is 0 Å². The lowest BCUT2D eigenvalue weighted by molar-refractivity contribution is 0.345. The molecule has 0 spiro atoms. The molecule has 5 rings (SSSR count). The first-order valence-electron chi connectivity index (χ1n) is 11.9. The van der Waals surface area contributed by atoms with Crippen molar-refractivity contribution in [1.82, 2.24) is 14.9 Å². The van der Waals surface area contributed by atoms with E-state index in [0.717, 1.165) is 11.4 Å². The average molecular weight is 463 g/mol. The predicted molar refractivity (Wildman–Crippen MR) is 135 cm³/mol. The number of nitrogens with zero attached hydrogens (tertiary/aromatic N) is 3. The standard InChI is InChI=1S/C27H31FN4S/c1-17-15-21(12-13-23(17)28)32-26(25(30-27(32)33)24-11-7-8-14-29-24)22-16-18(2)31(19(22)3)20-9-5-4-6-10-20/h7-8,11-16,20,25-26H,4-6,9-10H2,1-3H3,(H,30,33)/t25-,26-/m0/s1. The van der Waals surface area contributed by atoms with Gasteiger partial charge in [0.15, 0.2) is 5.11 Å². The van der Waals surface area contributed by atoms with Crippen LogP contribution in [0, 0.1) is 26.6 Å². The molecule has 2 aliphatic rings. The predicted octanol–water partition coefficient (Wildman–Crippen LogP) is 6.63. The minimum absolute atomic E-state index is 0.0687. The number of aromatic nitrogens is 2. The smallest absolute Gasteiger partial charge is 0.174 e. The number of halogens is 1. The summed E-state index contributed by atoms with van der Waals surface area (Å²) in [7, 11) is 0. The number of aryl methyl sites for hydroxylation is 2. The highest BCUT2D eigenvalue weighted by molar-refractivity contribution is 7.80. The molecule has 3 aromatic rings. The molecule has 172 valence electrons. The van der Waals surface area contributed by atoms with Crippen LogP contribution in [0.3, 0.4) is 0 Å². The molecule has 4 nitrogen and oxygen atoms in total. The van der Waals surface area contributed by atoms with E-state index in [4.69, 9.17) is 12.2 Å². The zero-order valence-corrected chi connectivity index (χ0v) is 20.3. The van der Waals surface area contributed by atoms with Gasteiger partial charge in [-0.2, -0.15) is 0 Å². The molecule has 0 unspecified atom stereocenters. The zero-order chi connectivity index (χ0) is 23.1. The number of hydrogen-bond acceptors (Lipinski definition) is 2. The van der Waals surface area contributed by atoms with Gasteiger partial charge in [-0.15, -0.1) is 0 Å². The van der Waals surface area contributed by atoms with Crippen LogP contribution in [0.15, 0.2) is 48.7 Å². The molecular weight excluding hydrogens is 431 g/mol. The highest BCUT2D eigenvalue weighted by Crippen LogP contribution is 2.44. The van der Waals surface area contributed by atoms with Crippen molar-refractivity contribution in [2.24, 2.45) is 0 Å². The molecule has 1 saturated heterocycles. The van der Waals surface area contributed by atoms with E-state index in [0.29, 0.717) is 16.7 Å². The molecule has 33 heavy (non-hydrogen) atoms. The summed E-state index contributed by atoms with van der Waals surface area (Å²) in [6, 6.07) is 14.0. The van der Waals surface area contributed by atoms with E-state index in [2.05, 4.69) is 39.7 Å². The molecule has 6 heteroatoms. The van der Waals surface area contributed by atoms with Crippen molar-refractivity contribution >= 4 is 23.0 Å².